The lowest BCUT2D eigenvalue weighted by Crippen LogP contribution is -2.16. The molecule has 0 saturated carbocycles. The standard InChI is InChI=1S/C8H12N4O3S/c9-5-6(10)11-8(12-7(5)15)16-3-1-2-4(13)14/h1-3,9H2,(H,13,14)(H3,10,11,12,15). The summed E-state index contributed by atoms with van der Waals surface area (Å²) in [6.45, 7) is 0. The van der Waals surface area contributed by atoms with E-state index in [9.17, 15) is 9.59 Å². The van der Waals surface area contributed by atoms with Crippen molar-refractivity contribution in [2.45, 2.75) is 18.0 Å². The molecular formula is C8H12N4O3S. The van der Waals surface area contributed by atoms with Gasteiger partial charge in [0.15, 0.2) is 11.0 Å². The number of anilines is 2. The van der Waals surface area contributed by atoms with Crippen molar-refractivity contribution in [2.75, 3.05) is 17.2 Å². The Kier molecular flexibility index (Phi) is 4.18. The van der Waals surface area contributed by atoms with Gasteiger partial charge < -0.3 is 16.6 Å². The number of nitrogens with two attached hydrogens (primary N) is 2. The minimum absolute atomic E-state index is 0.00974. The number of hydrogen-bond donors (Lipinski definition) is 4. The number of carboxylic acids is 1. The third-order valence-corrected chi connectivity index (χ3v) is 2.70. The van der Waals surface area contributed by atoms with Gasteiger partial charge in [-0.2, -0.15) is 0 Å². The zero-order valence-electron chi connectivity index (χ0n) is 8.40. The normalized spacial score (nSPS) is 10.2. The van der Waals surface area contributed by atoms with Crippen molar-refractivity contribution in [3.8, 4) is 0 Å². The second-order valence-electron chi connectivity index (χ2n) is 3.02. The minimum atomic E-state index is -0.848. The van der Waals surface area contributed by atoms with Crippen LogP contribution in [0.5, 0.6) is 0 Å². The van der Waals surface area contributed by atoms with Crippen molar-refractivity contribution in [3.05, 3.63) is 10.4 Å². The molecule has 16 heavy (non-hydrogen) atoms. The van der Waals surface area contributed by atoms with Crippen molar-refractivity contribution in [1.29, 1.82) is 0 Å². The number of rotatable bonds is 5. The van der Waals surface area contributed by atoms with E-state index >= 15 is 0 Å². The SMILES string of the molecule is Nc1nc(SCCCC(=O)O)[nH]c(=O)c1N. The van der Waals surface area contributed by atoms with Gasteiger partial charge in [-0.15, -0.1) is 0 Å². The monoisotopic (exact) mass is 244 g/mol. The van der Waals surface area contributed by atoms with E-state index in [-0.39, 0.29) is 17.9 Å². The van der Waals surface area contributed by atoms with Crippen molar-refractivity contribution < 1.29 is 9.90 Å². The second-order valence-corrected chi connectivity index (χ2v) is 4.10. The lowest BCUT2D eigenvalue weighted by molar-refractivity contribution is -0.137. The summed E-state index contributed by atoms with van der Waals surface area (Å²) in [5.74, 6) is -0.318. The Hall–Kier alpha value is -1.70. The highest BCUT2D eigenvalue weighted by molar-refractivity contribution is 7.99. The molecule has 0 saturated heterocycles. The minimum Gasteiger partial charge on any atom is -0.481 e. The summed E-state index contributed by atoms with van der Waals surface area (Å²) < 4.78 is 0. The lowest BCUT2D eigenvalue weighted by Gasteiger charge is -2.02. The molecule has 88 valence electrons. The number of aliphatic carboxylic acids is 1. The quantitative estimate of drug-likeness (QED) is 0.322. The third kappa shape index (κ3) is 3.46. The Labute approximate surface area is 95.3 Å². The second kappa shape index (κ2) is 5.40. The zero-order chi connectivity index (χ0) is 12.1. The fourth-order valence-corrected chi connectivity index (χ4v) is 1.75. The van der Waals surface area contributed by atoms with Gasteiger partial charge >= 0.3 is 5.97 Å². The van der Waals surface area contributed by atoms with Crippen LogP contribution in [0.15, 0.2) is 9.95 Å². The highest BCUT2D eigenvalue weighted by Crippen LogP contribution is 2.15. The van der Waals surface area contributed by atoms with Crippen LogP contribution >= 0.6 is 11.8 Å². The van der Waals surface area contributed by atoms with Gasteiger partial charge in [0, 0.05) is 12.2 Å². The summed E-state index contributed by atoms with van der Waals surface area (Å²) in [7, 11) is 0. The Morgan fingerprint density at radius 1 is 1.50 bits per heavy atom. The van der Waals surface area contributed by atoms with Gasteiger partial charge in [0.05, 0.1) is 0 Å². The molecule has 6 N–H and O–H groups in total. The van der Waals surface area contributed by atoms with Gasteiger partial charge in [-0.3, -0.25) is 14.6 Å². The first-order chi connectivity index (χ1) is 7.50. The first kappa shape index (κ1) is 12.4. The molecule has 8 heteroatoms. The molecule has 0 amide bonds. The van der Waals surface area contributed by atoms with Crippen LogP contribution in [-0.4, -0.2) is 26.8 Å². The van der Waals surface area contributed by atoms with Crippen molar-refractivity contribution in [2.24, 2.45) is 0 Å². The Balaban J connectivity index is 2.55. The number of nitrogen functional groups attached to an aromatic ring is 2. The van der Waals surface area contributed by atoms with Crippen LogP contribution < -0.4 is 17.0 Å². The zero-order valence-corrected chi connectivity index (χ0v) is 9.21. The molecule has 0 aliphatic rings. The van der Waals surface area contributed by atoms with Gasteiger partial charge in [0.1, 0.15) is 5.69 Å². The number of nitrogens with zero attached hydrogens (tertiary/aromatic N) is 1. The predicted octanol–water partition coefficient (Wildman–Crippen LogP) is -0.109. The van der Waals surface area contributed by atoms with Crippen molar-refractivity contribution >= 4 is 29.2 Å². The smallest absolute Gasteiger partial charge is 0.303 e. The fourth-order valence-electron chi connectivity index (χ4n) is 0.939. The van der Waals surface area contributed by atoms with Gasteiger partial charge in [-0.25, -0.2) is 4.98 Å². The maximum Gasteiger partial charge on any atom is 0.303 e. The van der Waals surface area contributed by atoms with Crippen LogP contribution in [0.3, 0.4) is 0 Å². The lowest BCUT2D eigenvalue weighted by atomic mass is 10.3. The molecule has 0 bridgehead atoms. The predicted molar refractivity (Wildman–Crippen MR) is 61.3 cm³/mol. The first-order valence-corrected chi connectivity index (χ1v) is 5.49. The number of aromatic nitrogens is 2. The molecule has 0 aliphatic heterocycles. The molecule has 0 radical (unpaired) electrons. The summed E-state index contributed by atoms with van der Waals surface area (Å²) in [4.78, 5) is 27.7. The molecule has 1 aromatic heterocycles. The van der Waals surface area contributed by atoms with Crippen LogP contribution in [0, 0.1) is 0 Å². The number of hydrogen-bond acceptors (Lipinski definition) is 6. The molecular weight excluding hydrogens is 232 g/mol. The molecule has 7 nitrogen and oxygen atoms in total. The summed E-state index contributed by atoms with van der Waals surface area (Å²) in [5.41, 5.74) is 10.2. The molecule has 1 heterocycles. The highest BCUT2D eigenvalue weighted by Gasteiger charge is 2.05. The summed E-state index contributed by atoms with van der Waals surface area (Å²) in [6.07, 6.45) is 0.579. The number of H-pyrrole nitrogens is 1. The average Bonchev–Trinajstić information content (AvgIpc) is 2.20. The van der Waals surface area contributed by atoms with Gasteiger partial charge in [-0.1, -0.05) is 11.8 Å². The maximum atomic E-state index is 11.2. The van der Waals surface area contributed by atoms with E-state index in [1.807, 2.05) is 0 Å². The van der Waals surface area contributed by atoms with Gasteiger partial charge in [0.25, 0.3) is 5.56 Å². The summed E-state index contributed by atoms with van der Waals surface area (Å²) >= 11 is 1.23. The number of nitrogens with one attached hydrogen (secondary N) is 1. The third-order valence-electron chi connectivity index (χ3n) is 1.74. The molecule has 0 fully saturated rings. The van der Waals surface area contributed by atoms with E-state index in [1.54, 1.807) is 0 Å². The molecule has 1 aromatic rings. The topological polar surface area (TPSA) is 135 Å². The van der Waals surface area contributed by atoms with E-state index in [4.69, 9.17) is 16.6 Å². The fraction of sp³-hybridized carbons (Fsp3) is 0.375. The number of thioether (sulfide) groups is 1. The molecule has 1 rings (SSSR count). The van der Waals surface area contributed by atoms with Crippen LogP contribution in [0.1, 0.15) is 12.8 Å². The molecule has 0 atom stereocenters. The summed E-state index contributed by atoms with van der Waals surface area (Å²) in [6, 6.07) is 0. The molecule has 0 aromatic carbocycles. The van der Waals surface area contributed by atoms with Gasteiger partial charge in [0.2, 0.25) is 0 Å². The largest absolute Gasteiger partial charge is 0.481 e. The number of carbonyl (C=O) groups is 1. The van der Waals surface area contributed by atoms with Crippen molar-refractivity contribution in [3.63, 3.8) is 0 Å². The first-order valence-electron chi connectivity index (χ1n) is 4.50. The highest BCUT2D eigenvalue weighted by atomic mass is 32.2. The van der Waals surface area contributed by atoms with E-state index in [1.165, 1.54) is 11.8 Å². The van der Waals surface area contributed by atoms with E-state index in [2.05, 4.69) is 9.97 Å². The van der Waals surface area contributed by atoms with Crippen LogP contribution in [-0.2, 0) is 4.79 Å². The Morgan fingerprint density at radius 3 is 2.75 bits per heavy atom. The Morgan fingerprint density at radius 2 is 2.19 bits per heavy atom. The molecule has 0 aliphatic carbocycles. The number of aromatic amines is 1. The molecule has 0 unspecified atom stereocenters. The number of carboxylic acid groups (broad SMARTS) is 1. The van der Waals surface area contributed by atoms with Gasteiger partial charge in [-0.05, 0) is 6.42 Å². The van der Waals surface area contributed by atoms with E-state index in [0.29, 0.717) is 17.3 Å². The summed E-state index contributed by atoms with van der Waals surface area (Å²) in [5, 5.41) is 8.77. The van der Waals surface area contributed by atoms with Crippen LogP contribution in [0.25, 0.3) is 0 Å². The maximum absolute atomic E-state index is 11.2. The Bertz CT molecular complexity index is 445. The molecule has 0 spiro atoms. The average molecular weight is 244 g/mol. The van der Waals surface area contributed by atoms with Crippen LogP contribution in [0.2, 0.25) is 0 Å². The van der Waals surface area contributed by atoms with Crippen molar-refractivity contribution in [1.82, 2.24) is 9.97 Å². The van der Waals surface area contributed by atoms with E-state index in [0.717, 1.165) is 0 Å². The van der Waals surface area contributed by atoms with E-state index < -0.39 is 11.5 Å². The van der Waals surface area contributed by atoms with Crippen LogP contribution in [0.4, 0.5) is 11.5 Å².